The smallest absolute Gasteiger partial charge is 0.410 e. The minimum atomic E-state index is -3.55. The molecule has 6 nitrogen and oxygen atoms in total. The molecule has 2 rings (SSSR count). The van der Waals surface area contributed by atoms with Crippen LogP contribution in [0.2, 0.25) is 0 Å². The standard InChI is InChI=1S/C18H27BrN2O4S/c1-18(2,3)25-17(22)21-11-9-15(10-12-21)20(4)26(23,24)16-7-5-14(13-19)6-8-16/h5-8,15H,9-13H2,1-4H3. The van der Waals surface area contributed by atoms with Crippen molar-refractivity contribution in [2.45, 2.75) is 55.5 Å². The van der Waals surface area contributed by atoms with Crippen LogP contribution in [-0.4, -0.2) is 55.5 Å². The van der Waals surface area contributed by atoms with Crippen molar-refractivity contribution in [3.8, 4) is 0 Å². The first-order chi connectivity index (χ1) is 12.0. The predicted molar refractivity (Wildman–Crippen MR) is 105 cm³/mol. The zero-order valence-corrected chi connectivity index (χ0v) is 18.1. The summed E-state index contributed by atoms with van der Waals surface area (Å²) >= 11 is 3.36. The number of ether oxygens (including phenoxy) is 1. The molecule has 8 heteroatoms. The summed E-state index contributed by atoms with van der Waals surface area (Å²) in [5.41, 5.74) is 0.493. The lowest BCUT2D eigenvalue weighted by atomic mass is 10.1. The third kappa shape index (κ3) is 5.20. The van der Waals surface area contributed by atoms with Crippen molar-refractivity contribution in [3.63, 3.8) is 0 Å². The fourth-order valence-corrected chi connectivity index (χ4v) is 4.64. The van der Waals surface area contributed by atoms with Crippen molar-refractivity contribution in [3.05, 3.63) is 29.8 Å². The van der Waals surface area contributed by atoms with E-state index in [2.05, 4.69) is 15.9 Å². The lowest BCUT2D eigenvalue weighted by Crippen LogP contribution is -2.48. The minimum absolute atomic E-state index is 0.130. The molecule has 0 aromatic heterocycles. The zero-order chi connectivity index (χ0) is 19.5. The predicted octanol–water partition coefficient (Wildman–Crippen LogP) is 3.60. The minimum Gasteiger partial charge on any atom is -0.444 e. The molecule has 26 heavy (non-hydrogen) atoms. The van der Waals surface area contributed by atoms with Crippen LogP contribution in [0.3, 0.4) is 0 Å². The molecule has 1 saturated heterocycles. The Balaban J connectivity index is 2.00. The fourth-order valence-electron chi connectivity index (χ4n) is 2.85. The summed E-state index contributed by atoms with van der Waals surface area (Å²) in [6.07, 6.45) is 0.843. The Labute approximate surface area is 164 Å². The molecule has 1 aromatic carbocycles. The van der Waals surface area contributed by atoms with E-state index < -0.39 is 15.6 Å². The number of benzene rings is 1. The maximum absolute atomic E-state index is 12.8. The molecule has 0 N–H and O–H groups in total. The number of piperidine rings is 1. The van der Waals surface area contributed by atoms with Gasteiger partial charge in [0.2, 0.25) is 10.0 Å². The molecule has 146 valence electrons. The van der Waals surface area contributed by atoms with Gasteiger partial charge in [-0.1, -0.05) is 28.1 Å². The van der Waals surface area contributed by atoms with E-state index in [1.165, 1.54) is 4.31 Å². The molecule has 0 atom stereocenters. The van der Waals surface area contributed by atoms with Gasteiger partial charge < -0.3 is 9.64 Å². The van der Waals surface area contributed by atoms with E-state index in [1.54, 1.807) is 36.2 Å². The van der Waals surface area contributed by atoms with E-state index in [4.69, 9.17) is 4.74 Å². The number of likely N-dealkylation sites (tertiary alicyclic amines) is 1. The number of rotatable bonds is 4. The number of hydrogen-bond acceptors (Lipinski definition) is 4. The Kier molecular flexibility index (Phi) is 6.74. The molecule has 1 aromatic rings. The van der Waals surface area contributed by atoms with E-state index in [-0.39, 0.29) is 12.1 Å². The summed E-state index contributed by atoms with van der Waals surface area (Å²) in [4.78, 5) is 14.1. The zero-order valence-electron chi connectivity index (χ0n) is 15.7. The van der Waals surface area contributed by atoms with Gasteiger partial charge in [0.15, 0.2) is 0 Å². The number of sulfonamides is 1. The highest BCUT2D eigenvalue weighted by Crippen LogP contribution is 2.24. The quantitative estimate of drug-likeness (QED) is 0.662. The monoisotopic (exact) mass is 446 g/mol. The maximum atomic E-state index is 12.8. The molecule has 0 bridgehead atoms. The first-order valence-electron chi connectivity index (χ1n) is 8.65. The lowest BCUT2D eigenvalue weighted by Gasteiger charge is -2.36. The van der Waals surface area contributed by atoms with Crippen molar-refractivity contribution >= 4 is 32.0 Å². The molecule has 1 aliphatic rings. The van der Waals surface area contributed by atoms with Gasteiger partial charge in [-0.2, -0.15) is 4.31 Å². The second kappa shape index (κ2) is 8.27. The summed E-state index contributed by atoms with van der Waals surface area (Å²) < 4.78 is 32.5. The molecule has 1 fully saturated rings. The van der Waals surface area contributed by atoms with Gasteiger partial charge in [0, 0.05) is 31.5 Å². The van der Waals surface area contributed by atoms with Crippen molar-refractivity contribution in [2.75, 3.05) is 20.1 Å². The molecule has 1 amide bonds. The lowest BCUT2D eigenvalue weighted by molar-refractivity contribution is 0.0183. The van der Waals surface area contributed by atoms with Gasteiger partial charge in [-0.15, -0.1) is 0 Å². The molecular weight excluding hydrogens is 420 g/mol. The number of nitrogens with zero attached hydrogens (tertiary/aromatic N) is 2. The molecular formula is C18H27BrN2O4S. The van der Waals surface area contributed by atoms with Crippen LogP contribution >= 0.6 is 15.9 Å². The number of carbonyl (C=O) groups excluding carboxylic acids is 1. The first kappa shape index (κ1) is 21.2. The molecule has 1 heterocycles. The van der Waals surface area contributed by atoms with Gasteiger partial charge in [-0.05, 0) is 51.3 Å². The van der Waals surface area contributed by atoms with E-state index in [1.807, 2.05) is 20.8 Å². The fraction of sp³-hybridized carbons (Fsp3) is 0.611. The largest absolute Gasteiger partial charge is 0.444 e. The number of halogens is 1. The van der Waals surface area contributed by atoms with Crippen LogP contribution in [0.4, 0.5) is 4.79 Å². The molecule has 0 saturated carbocycles. The number of alkyl halides is 1. The summed E-state index contributed by atoms with van der Waals surface area (Å²) in [5, 5.41) is 0.687. The van der Waals surface area contributed by atoms with Crippen LogP contribution in [0.1, 0.15) is 39.2 Å². The third-order valence-electron chi connectivity index (χ3n) is 4.39. The van der Waals surface area contributed by atoms with Gasteiger partial charge in [0.25, 0.3) is 0 Å². The number of amides is 1. The van der Waals surface area contributed by atoms with Gasteiger partial charge >= 0.3 is 6.09 Å². The van der Waals surface area contributed by atoms with Crippen LogP contribution in [0.25, 0.3) is 0 Å². The maximum Gasteiger partial charge on any atom is 0.410 e. The Morgan fingerprint density at radius 3 is 2.23 bits per heavy atom. The van der Waals surface area contributed by atoms with Crippen LogP contribution in [0.5, 0.6) is 0 Å². The molecule has 1 aliphatic heterocycles. The van der Waals surface area contributed by atoms with Crippen LogP contribution in [0.15, 0.2) is 29.2 Å². The molecule has 0 radical (unpaired) electrons. The highest BCUT2D eigenvalue weighted by molar-refractivity contribution is 9.08. The Bertz CT molecular complexity index is 721. The van der Waals surface area contributed by atoms with Gasteiger partial charge in [-0.3, -0.25) is 0 Å². The van der Waals surface area contributed by atoms with Crippen LogP contribution in [0, 0.1) is 0 Å². The average molecular weight is 447 g/mol. The highest BCUT2D eigenvalue weighted by atomic mass is 79.9. The normalized spacial score (nSPS) is 16.8. The van der Waals surface area contributed by atoms with E-state index in [0.717, 1.165) is 5.56 Å². The second-order valence-electron chi connectivity index (χ2n) is 7.50. The SMILES string of the molecule is CN(C1CCN(C(=O)OC(C)(C)C)CC1)S(=O)(=O)c1ccc(CBr)cc1. The van der Waals surface area contributed by atoms with Crippen molar-refractivity contribution in [1.82, 2.24) is 9.21 Å². The van der Waals surface area contributed by atoms with Crippen LogP contribution in [-0.2, 0) is 20.1 Å². The van der Waals surface area contributed by atoms with Gasteiger partial charge in [0.1, 0.15) is 5.60 Å². The van der Waals surface area contributed by atoms with Crippen molar-refractivity contribution in [1.29, 1.82) is 0 Å². The molecule has 0 unspecified atom stereocenters. The second-order valence-corrected chi connectivity index (χ2v) is 10.1. The van der Waals surface area contributed by atoms with Crippen molar-refractivity contribution in [2.24, 2.45) is 0 Å². The van der Waals surface area contributed by atoms with E-state index in [9.17, 15) is 13.2 Å². The summed E-state index contributed by atoms with van der Waals surface area (Å²) in [6, 6.07) is 6.76. The third-order valence-corrected chi connectivity index (χ3v) is 6.96. The van der Waals surface area contributed by atoms with Crippen LogP contribution < -0.4 is 0 Å². The first-order valence-corrected chi connectivity index (χ1v) is 11.2. The molecule has 0 aliphatic carbocycles. The Hall–Kier alpha value is -1.12. The summed E-state index contributed by atoms with van der Waals surface area (Å²) in [5.74, 6) is 0. The van der Waals surface area contributed by atoms with Gasteiger partial charge in [0.05, 0.1) is 4.90 Å². The highest BCUT2D eigenvalue weighted by Gasteiger charge is 2.33. The summed E-state index contributed by atoms with van der Waals surface area (Å²) in [7, 11) is -1.93. The molecule has 0 spiro atoms. The Morgan fingerprint density at radius 1 is 1.23 bits per heavy atom. The number of hydrogen-bond donors (Lipinski definition) is 0. The van der Waals surface area contributed by atoms with Crippen molar-refractivity contribution < 1.29 is 17.9 Å². The van der Waals surface area contributed by atoms with Gasteiger partial charge in [-0.25, -0.2) is 13.2 Å². The Morgan fingerprint density at radius 2 is 1.77 bits per heavy atom. The summed E-state index contributed by atoms with van der Waals surface area (Å²) in [6.45, 7) is 6.47. The van der Waals surface area contributed by atoms with E-state index in [0.29, 0.717) is 36.2 Å². The number of carbonyl (C=O) groups is 1. The topological polar surface area (TPSA) is 66.9 Å². The van der Waals surface area contributed by atoms with E-state index >= 15 is 0 Å². The average Bonchev–Trinajstić information content (AvgIpc) is 2.59.